The lowest BCUT2D eigenvalue weighted by molar-refractivity contribution is -0.150. The molecule has 2 atom stereocenters. The molecule has 0 aliphatic rings. The molecular weight excluding hydrogens is 444 g/mol. The number of rotatable bonds is 9. The molecule has 3 aromatic carbocycles. The van der Waals surface area contributed by atoms with E-state index in [4.69, 9.17) is 10.5 Å². The Morgan fingerprint density at radius 1 is 0.794 bits per heavy atom. The fourth-order valence-corrected chi connectivity index (χ4v) is 5.74. The van der Waals surface area contributed by atoms with E-state index in [-0.39, 0.29) is 11.8 Å². The molecule has 0 bridgehead atoms. The average molecular weight is 477 g/mol. The molecule has 0 aromatic heterocycles. The quantitative estimate of drug-likeness (QED) is 0.267. The number of hydrogen-bond donors (Lipinski definition) is 1. The second-order valence-corrected chi connectivity index (χ2v) is 9.72. The monoisotopic (exact) mass is 476 g/mol. The van der Waals surface area contributed by atoms with Crippen molar-refractivity contribution >= 4 is 23.8 Å². The number of nitrogens with two attached hydrogens (primary N) is 1. The molecule has 0 saturated heterocycles. The van der Waals surface area contributed by atoms with E-state index in [1.807, 2.05) is 105 Å². The van der Waals surface area contributed by atoms with Crippen LogP contribution in [0.4, 0.5) is 0 Å². The van der Waals surface area contributed by atoms with E-state index in [0.717, 1.165) is 16.7 Å². The summed E-state index contributed by atoms with van der Waals surface area (Å²) >= 11 is 1.32. The van der Waals surface area contributed by atoms with Gasteiger partial charge in [0.2, 0.25) is 5.91 Å². The normalized spacial score (nSPS) is 13.2. The Morgan fingerprint density at radius 2 is 1.18 bits per heavy atom. The van der Waals surface area contributed by atoms with Crippen LogP contribution in [0.3, 0.4) is 0 Å². The number of benzene rings is 3. The van der Waals surface area contributed by atoms with E-state index in [0.29, 0.717) is 0 Å². The fraction of sp³-hybridized carbons (Fsp3) is 0.286. The Kier molecular flexibility index (Phi) is 8.53. The molecule has 0 aliphatic heterocycles. The van der Waals surface area contributed by atoms with Crippen molar-refractivity contribution in [1.29, 1.82) is 0 Å². The van der Waals surface area contributed by atoms with Gasteiger partial charge in [-0.25, -0.2) is 4.79 Å². The number of nitrogens with zero attached hydrogens (tertiary/aromatic N) is 1. The van der Waals surface area contributed by atoms with Crippen LogP contribution in [0.5, 0.6) is 0 Å². The van der Waals surface area contributed by atoms with Crippen LogP contribution in [0.15, 0.2) is 91.0 Å². The number of carbonyl (C=O) groups is 2. The molecule has 3 rings (SSSR count). The SMILES string of the molecule is COC(=O)C(C(C)C)N(SC(c1ccccc1)(c1ccccc1)c1ccccc1)C(=O)C(C)N. The molecule has 1 amide bonds. The predicted octanol–water partition coefficient (Wildman–Crippen LogP) is 5.00. The van der Waals surface area contributed by atoms with Crippen LogP contribution < -0.4 is 5.73 Å². The maximum atomic E-state index is 13.6. The summed E-state index contributed by atoms with van der Waals surface area (Å²) in [5, 5.41) is 0. The Labute approximate surface area is 206 Å². The molecule has 0 spiro atoms. The lowest BCUT2D eigenvalue weighted by atomic mass is 9.84. The third-order valence-corrected chi connectivity index (χ3v) is 7.29. The molecule has 2 N–H and O–H groups in total. The van der Waals surface area contributed by atoms with Gasteiger partial charge in [-0.3, -0.25) is 9.10 Å². The Balaban J connectivity index is 2.34. The van der Waals surface area contributed by atoms with Crippen molar-refractivity contribution in [3.8, 4) is 0 Å². The van der Waals surface area contributed by atoms with E-state index in [1.54, 1.807) is 6.92 Å². The minimum absolute atomic E-state index is 0.192. The summed E-state index contributed by atoms with van der Waals surface area (Å²) in [5.74, 6) is -0.997. The first-order valence-electron chi connectivity index (χ1n) is 11.3. The van der Waals surface area contributed by atoms with Gasteiger partial charge in [-0.1, -0.05) is 105 Å². The first-order chi connectivity index (χ1) is 16.3. The third kappa shape index (κ3) is 5.18. The highest BCUT2D eigenvalue weighted by Crippen LogP contribution is 2.51. The van der Waals surface area contributed by atoms with Crippen molar-refractivity contribution < 1.29 is 14.3 Å². The molecular formula is C28H32N2O3S. The highest BCUT2D eigenvalue weighted by atomic mass is 32.2. The molecule has 178 valence electrons. The summed E-state index contributed by atoms with van der Waals surface area (Å²) in [4.78, 5) is 26.5. The first-order valence-corrected chi connectivity index (χ1v) is 12.1. The lowest BCUT2D eigenvalue weighted by Crippen LogP contribution is -2.51. The van der Waals surface area contributed by atoms with E-state index in [2.05, 4.69) is 0 Å². The van der Waals surface area contributed by atoms with Crippen molar-refractivity contribution in [2.75, 3.05) is 7.11 Å². The number of esters is 1. The smallest absolute Gasteiger partial charge is 0.329 e. The zero-order valence-corrected chi connectivity index (χ0v) is 20.9. The van der Waals surface area contributed by atoms with E-state index in [9.17, 15) is 9.59 Å². The average Bonchev–Trinajstić information content (AvgIpc) is 2.87. The standard InChI is InChI=1S/C28H32N2O3S/c1-20(2)25(27(32)33-4)30(26(31)21(3)29)34-28(22-14-8-5-9-15-22,23-16-10-6-11-17-23)24-18-12-7-13-19-24/h5-21,25H,29H2,1-4H3. The molecule has 3 aromatic rings. The van der Waals surface area contributed by atoms with Crippen LogP contribution in [0.25, 0.3) is 0 Å². The topological polar surface area (TPSA) is 72.6 Å². The Bertz CT molecular complexity index is 976. The van der Waals surface area contributed by atoms with Gasteiger partial charge in [-0.15, -0.1) is 0 Å². The first kappa shape index (κ1) is 25.5. The molecule has 34 heavy (non-hydrogen) atoms. The lowest BCUT2D eigenvalue weighted by Gasteiger charge is -2.42. The van der Waals surface area contributed by atoms with Gasteiger partial charge in [0.25, 0.3) is 0 Å². The van der Waals surface area contributed by atoms with Crippen LogP contribution in [-0.4, -0.2) is 35.4 Å². The molecule has 5 nitrogen and oxygen atoms in total. The maximum Gasteiger partial charge on any atom is 0.329 e. The zero-order valence-electron chi connectivity index (χ0n) is 20.0. The van der Waals surface area contributed by atoms with Crippen LogP contribution in [0.2, 0.25) is 0 Å². The highest BCUT2D eigenvalue weighted by molar-refractivity contribution is 7.99. The minimum atomic E-state index is -0.824. The molecule has 0 aliphatic carbocycles. The number of methoxy groups -OCH3 is 1. The second-order valence-electron chi connectivity index (χ2n) is 8.54. The third-order valence-electron chi connectivity index (χ3n) is 5.71. The molecule has 0 radical (unpaired) electrons. The number of ether oxygens (including phenoxy) is 1. The van der Waals surface area contributed by atoms with E-state index < -0.39 is 22.8 Å². The van der Waals surface area contributed by atoms with Crippen LogP contribution in [-0.2, 0) is 19.1 Å². The van der Waals surface area contributed by atoms with Crippen molar-refractivity contribution in [2.45, 2.75) is 37.6 Å². The predicted molar refractivity (Wildman–Crippen MR) is 138 cm³/mol. The second kappa shape index (κ2) is 11.4. The van der Waals surface area contributed by atoms with Gasteiger partial charge in [-0.2, -0.15) is 0 Å². The van der Waals surface area contributed by atoms with Gasteiger partial charge in [0.1, 0.15) is 10.8 Å². The highest BCUT2D eigenvalue weighted by Gasteiger charge is 2.45. The summed E-state index contributed by atoms with van der Waals surface area (Å²) in [7, 11) is 1.34. The molecule has 0 heterocycles. The van der Waals surface area contributed by atoms with Crippen LogP contribution in [0.1, 0.15) is 37.5 Å². The number of carbonyl (C=O) groups excluding carboxylic acids is 2. The van der Waals surface area contributed by atoms with Crippen molar-refractivity contribution in [3.05, 3.63) is 108 Å². The van der Waals surface area contributed by atoms with Crippen LogP contribution >= 0.6 is 11.9 Å². The van der Waals surface area contributed by atoms with Crippen molar-refractivity contribution in [1.82, 2.24) is 4.31 Å². The number of amides is 1. The van der Waals surface area contributed by atoms with Gasteiger partial charge < -0.3 is 10.5 Å². The van der Waals surface area contributed by atoms with Gasteiger partial charge in [0.15, 0.2) is 0 Å². The summed E-state index contributed by atoms with van der Waals surface area (Å²) < 4.78 is 5.84. The molecule has 6 heteroatoms. The summed E-state index contributed by atoms with van der Waals surface area (Å²) in [6, 6.07) is 28.4. The van der Waals surface area contributed by atoms with E-state index >= 15 is 0 Å². The molecule has 2 unspecified atom stereocenters. The molecule has 0 saturated carbocycles. The Morgan fingerprint density at radius 3 is 1.47 bits per heavy atom. The van der Waals surface area contributed by atoms with Gasteiger partial charge in [-0.05, 0) is 41.5 Å². The fourth-order valence-electron chi connectivity index (χ4n) is 4.02. The van der Waals surface area contributed by atoms with Gasteiger partial charge in [0.05, 0.1) is 13.2 Å². The van der Waals surface area contributed by atoms with Gasteiger partial charge >= 0.3 is 5.97 Å². The zero-order chi connectivity index (χ0) is 24.7. The largest absolute Gasteiger partial charge is 0.467 e. The Hall–Kier alpha value is -3.09. The van der Waals surface area contributed by atoms with Crippen molar-refractivity contribution in [3.63, 3.8) is 0 Å². The van der Waals surface area contributed by atoms with Crippen LogP contribution in [0, 0.1) is 5.92 Å². The van der Waals surface area contributed by atoms with E-state index in [1.165, 1.54) is 23.4 Å². The molecule has 0 fully saturated rings. The van der Waals surface area contributed by atoms with Crippen molar-refractivity contribution in [2.24, 2.45) is 11.7 Å². The summed E-state index contributed by atoms with van der Waals surface area (Å²) in [6.07, 6.45) is 0. The van der Waals surface area contributed by atoms with Gasteiger partial charge in [0, 0.05) is 0 Å². The summed E-state index contributed by atoms with van der Waals surface area (Å²) in [6.45, 7) is 5.44. The summed E-state index contributed by atoms with van der Waals surface area (Å²) in [5.41, 5.74) is 9.03. The number of hydrogen-bond acceptors (Lipinski definition) is 5. The minimum Gasteiger partial charge on any atom is -0.467 e. The maximum absolute atomic E-state index is 13.6.